The Morgan fingerprint density at radius 1 is 0.909 bits per heavy atom. The molecule has 0 spiro atoms. The van der Waals surface area contributed by atoms with Gasteiger partial charge in [0.2, 0.25) is 5.91 Å². The van der Waals surface area contributed by atoms with Gasteiger partial charge in [-0.2, -0.15) is 0 Å². The van der Waals surface area contributed by atoms with Crippen LogP contribution in [0, 0.1) is 0 Å². The van der Waals surface area contributed by atoms with Crippen molar-refractivity contribution >= 4 is 23.2 Å². The molecule has 2 heterocycles. The third-order valence-electron chi connectivity index (χ3n) is 4.81. The molecule has 0 aliphatic carbocycles. The minimum absolute atomic E-state index is 0.247. The van der Waals surface area contributed by atoms with Gasteiger partial charge in [0.15, 0.2) is 0 Å². The van der Waals surface area contributed by atoms with Gasteiger partial charge in [-0.15, -0.1) is 0 Å². The highest BCUT2D eigenvalue weighted by molar-refractivity contribution is 6.05. The Labute approximate surface area is 191 Å². The first-order valence-electron chi connectivity index (χ1n) is 10.3. The van der Waals surface area contributed by atoms with Gasteiger partial charge in [-0.25, -0.2) is 9.97 Å². The molecular formula is C26H21N5O2. The van der Waals surface area contributed by atoms with Crippen molar-refractivity contribution in [2.24, 2.45) is 0 Å². The molecule has 33 heavy (non-hydrogen) atoms. The molecule has 7 heteroatoms. The van der Waals surface area contributed by atoms with Gasteiger partial charge in [0, 0.05) is 47.5 Å². The molecular weight excluding hydrogens is 414 g/mol. The Hall–Kier alpha value is -4.65. The van der Waals surface area contributed by atoms with E-state index in [1.165, 1.54) is 6.08 Å². The zero-order valence-electron chi connectivity index (χ0n) is 17.7. The van der Waals surface area contributed by atoms with Crippen molar-refractivity contribution in [3.8, 4) is 11.3 Å². The van der Waals surface area contributed by atoms with E-state index in [9.17, 15) is 9.59 Å². The van der Waals surface area contributed by atoms with Crippen LogP contribution in [0.1, 0.15) is 21.7 Å². The molecule has 2 aromatic carbocycles. The summed E-state index contributed by atoms with van der Waals surface area (Å²) in [4.78, 5) is 37.2. The minimum Gasteiger partial charge on any atom is -0.322 e. The van der Waals surface area contributed by atoms with Gasteiger partial charge in [0.1, 0.15) is 5.82 Å². The van der Waals surface area contributed by atoms with Gasteiger partial charge in [0.05, 0.1) is 5.69 Å². The molecule has 7 nitrogen and oxygen atoms in total. The second kappa shape index (κ2) is 10.1. The average Bonchev–Trinajstić information content (AvgIpc) is 2.85. The van der Waals surface area contributed by atoms with Crippen molar-refractivity contribution in [1.29, 1.82) is 0 Å². The molecule has 4 aromatic rings. The lowest BCUT2D eigenvalue weighted by molar-refractivity contribution is -0.111. The lowest BCUT2D eigenvalue weighted by Crippen LogP contribution is -2.13. The normalized spacial score (nSPS) is 10.3. The van der Waals surface area contributed by atoms with E-state index in [2.05, 4.69) is 32.2 Å². The number of hydrogen-bond acceptors (Lipinski definition) is 5. The van der Waals surface area contributed by atoms with Crippen LogP contribution in [0.2, 0.25) is 0 Å². The topological polar surface area (TPSA) is 96.9 Å². The van der Waals surface area contributed by atoms with Crippen LogP contribution in [0.25, 0.3) is 11.3 Å². The summed E-state index contributed by atoms with van der Waals surface area (Å²) < 4.78 is 0. The maximum atomic E-state index is 12.6. The van der Waals surface area contributed by atoms with E-state index in [1.807, 2.05) is 30.3 Å². The van der Waals surface area contributed by atoms with E-state index in [0.29, 0.717) is 29.2 Å². The molecule has 0 bridgehead atoms. The number of aromatic nitrogens is 3. The first-order valence-corrected chi connectivity index (χ1v) is 10.3. The molecule has 0 fully saturated rings. The first kappa shape index (κ1) is 21.6. The van der Waals surface area contributed by atoms with Crippen molar-refractivity contribution < 1.29 is 9.59 Å². The summed E-state index contributed by atoms with van der Waals surface area (Å²) in [5.74, 6) is 0.125. The zero-order valence-corrected chi connectivity index (χ0v) is 17.7. The highest BCUT2D eigenvalue weighted by atomic mass is 16.2. The van der Waals surface area contributed by atoms with Crippen LogP contribution in [0.4, 0.5) is 11.4 Å². The Morgan fingerprint density at radius 2 is 1.70 bits per heavy atom. The van der Waals surface area contributed by atoms with Crippen molar-refractivity contribution in [3.63, 3.8) is 0 Å². The van der Waals surface area contributed by atoms with Crippen molar-refractivity contribution in [1.82, 2.24) is 15.0 Å². The molecule has 0 atom stereocenters. The molecule has 2 N–H and O–H groups in total. The second-order valence-corrected chi connectivity index (χ2v) is 7.20. The lowest BCUT2D eigenvalue weighted by Gasteiger charge is -2.09. The summed E-state index contributed by atoms with van der Waals surface area (Å²) in [6.45, 7) is 3.43. The monoisotopic (exact) mass is 435 g/mol. The van der Waals surface area contributed by atoms with E-state index in [4.69, 9.17) is 0 Å². The quantitative estimate of drug-likeness (QED) is 0.417. The fourth-order valence-electron chi connectivity index (χ4n) is 3.19. The summed E-state index contributed by atoms with van der Waals surface area (Å²) in [7, 11) is 0. The van der Waals surface area contributed by atoms with E-state index in [-0.39, 0.29) is 11.8 Å². The van der Waals surface area contributed by atoms with Gasteiger partial charge in [-0.05, 0) is 60.2 Å². The Kier molecular flexibility index (Phi) is 6.61. The third-order valence-corrected chi connectivity index (χ3v) is 4.81. The number of benzene rings is 2. The Bertz CT molecular complexity index is 1290. The third kappa shape index (κ3) is 5.74. The number of rotatable bonds is 7. The van der Waals surface area contributed by atoms with Gasteiger partial charge in [-0.3, -0.25) is 14.6 Å². The largest absolute Gasteiger partial charge is 0.322 e. The highest BCUT2D eigenvalue weighted by Crippen LogP contribution is 2.18. The number of carbonyl (C=O) groups excluding carboxylic acids is 2. The van der Waals surface area contributed by atoms with Gasteiger partial charge < -0.3 is 10.6 Å². The average molecular weight is 435 g/mol. The maximum Gasteiger partial charge on any atom is 0.255 e. The number of pyridine rings is 1. The zero-order chi connectivity index (χ0) is 23.0. The molecule has 0 unspecified atom stereocenters. The summed E-state index contributed by atoms with van der Waals surface area (Å²) >= 11 is 0. The smallest absolute Gasteiger partial charge is 0.255 e. The van der Waals surface area contributed by atoms with Crippen LogP contribution in [0.15, 0.2) is 98.0 Å². The number of carbonyl (C=O) groups is 2. The molecule has 0 saturated carbocycles. The molecule has 0 aliphatic rings. The predicted octanol–water partition coefficient (Wildman–Crippen LogP) is 4.51. The second-order valence-electron chi connectivity index (χ2n) is 7.20. The number of nitrogens with zero attached hydrogens (tertiary/aromatic N) is 3. The number of nitrogens with one attached hydrogen (secondary N) is 2. The standard InChI is InChI=1S/C26H21N5O2/c1-2-25(32)29-21-6-3-7-22(16-21)30-26(33)19-10-8-18(9-11-19)15-24-28-14-12-23(31-24)20-5-4-13-27-17-20/h2-14,16-17H,1,15H2,(H,29,32)(H,30,33). The Morgan fingerprint density at radius 3 is 2.42 bits per heavy atom. The van der Waals surface area contributed by atoms with Crippen molar-refractivity contribution in [2.45, 2.75) is 6.42 Å². The minimum atomic E-state index is -0.316. The fraction of sp³-hybridized carbons (Fsp3) is 0.0385. The summed E-state index contributed by atoms with van der Waals surface area (Å²) in [6.07, 6.45) is 6.95. The highest BCUT2D eigenvalue weighted by Gasteiger charge is 2.09. The van der Waals surface area contributed by atoms with E-state index in [0.717, 1.165) is 16.8 Å². The summed E-state index contributed by atoms with van der Waals surface area (Å²) in [6, 6.07) is 19.9. The first-order chi connectivity index (χ1) is 16.1. The summed E-state index contributed by atoms with van der Waals surface area (Å²) in [5.41, 5.74) is 4.40. The molecule has 2 amide bonds. The van der Waals surface area contributed by atoms with E-state index >= 15 is 0 Å². The fourth-order valence-corrected chi connectivity index (χ4v) is 3.19. The molecule has 162 valence electrons. The lowest BCUT2D eigenvalue weighted by atomic mass is 10.1. The number of anilines is 2. The summed E-state index contributed by atoms with van der Waals surface area (Å²) in [5, 5.41) is 5.50. The van der Waals surface area contributed by atoms with Crippen LogP contribution < -0.4 is 10.6 Å². The van der Waals surface area contributed by atoms with E-state index in [1.54, 1.807) is 55.0 Å². The predicted molar refractivity (Wildman–Crippen MR) is 128 cm³/mol. The van der Waals surface area contributed by atoms with Crippen LogP contribution in [-0.2, 0) is 11.2 Å². The molecule has 0 radical (unpaired) electrons. The van der Waals surface area contributed by atoms with E-state index < -0.39 is 0 Å². The van der Waals surface area contributed by atoms with Crippen molar-refractivity contribution in [2.75, 3.05) is 10.6 Å². The molecule has 2 aromatic heterocycles. The molecule has 0 aliphatic heterocycles. The number of hydrogen-bond donors (Lipinski definition) is 2. The van der Waals surface area contributed by atoms with Crippen LogP contribution in [-0.4, -0.2) is 26.8 Å². The van der Waals surface area contributed by atoms with Gasteiger partial charge >= 0.3 is 0 Å². The van der Waals surface area contributed by atoms with Crippen LogP contribution >= 0.6 is 0 Å². The van der Waals surface area contributed by atoms with Gasteiger partial charge in [0.25, 0.3) is 5.91 Å². The van der Waals surface area contributed by atoms with Crippen LogP contribution in [0.5, 0.6) is 0 Å². The maximum absolute atomic E-state index is 12.6. The SMILES string of the molecule is C=CC(=O)Nc1cccc(NC(=O)c2ccc(Cc3nccc(-c4cccnc4)n3)cc2)c1. The Balaban J connectivity index is 1.41. The van der Waals surface area contributed by atoms with Crippen LogP contribution in [0.3, 0.4) is 0 Å². The molecule has 0 saturated heterocycles. The van der Waals surface area contributed by atoms with Gasteiger partial charge in [-0.1, -0.05) is 24.8 Å². The van der Waals surface area contributed by atoms with Crippen molar-refractivity contribution in [3.05, 3.63) is 115 Å². The molecule has 4 rings (SSSR count). The number of amides is 2.